The monoisotopic (exact) mass is 273 g/mol. The highest BCUT2D eigenvalue weighted by molar-refractivity contribution is 7.89. The molecule has 0 aliphatic heterocycles. The van der Waals surface area contributed by atoms with Crippen LogP contribution in [0, 0.1) is 0 Å². The number of hydrogen-bond donors (Lipinski definition) is 1. The molecule has 18 heavy (non-hydrogen) atoms. The first kappa shape index (κ1) is 13.5. The second kappa shape index (κ2) is 4.99. The average Bonchev–Trinajstić information content (AvgIpc) is 2.76. The lowest BCUT2D eigenvalue weighted by Crippen LogP contribution is -2.46. The van der Waals surface area contributed by atoms with Crippen LogP contribution in [0.4, 0.5) is 0 Å². The summed E-state index contributed by atoms with van der Waals surface area (Å²) in [5, 5.41) is 9.96. The first-order chi connectivity index (χ1) is 8.43. The van der Waals surface area contributed by atoms with E-state index in [1.165, 1.54) is 23.9 Å². The number of nitrogens with zero attached hydrogens (tertiary/aromatic N) is 3. The summed E-state index contributed by atoms with van der Waals surface area (Å²) in [7, 11) is -0.369. The number of sulfonamides is 1. The molecule has 1 aliphatic rings. The van der Waals surface area contributed by atoms with Gasteiger partial charge in [0.05, 0.1) is 18.5 Å². The molecule has 7 heteroatoms. The Morgan fingerprint density at radius 2 is 2.11 bits per heavy atom. The van der Waals surface area contributed by atoms with Crippen molar-refractivity contribution in [3.63, 3.8) is 0 Å². The van der Waals surface area contributed by atoms with Gasteiger partial charge in [-0.05, 0) is 12.8 Å². The molecule has 0 spiro atoms. The maximum Gasteiger partial charge on any atom is 0.262 e. The third kappa shape index (κ3) is 2.43. The smallest absolute Gasteiger partial charge is 0.262 e. The highest BCUT2D eigenvalue weighted by Crippen LogP contribution is 2.26. The second-order valence-corrected chi connectivity index (χ2v) is 6.76. The molecule has 6 nitrogen and oxygen atoms in total. The maximum absolute atomic E-state index is 12.3. The molecule has 1 aromatic heterocycles. The van der Waals surface area contributed by atoms with Gasteiger partial charge in [0.1, 0.15) is 0 Å². The third-order valence-electron chi connectivity index (χ3n) is 3.49. The summed E-state index contributed by atoms with van der Waals surface area (Å²) in [5.74, 6) is 0. The van der Waals surface area contributed by atoms with Gasteiger partial charge in [-0.1, -0.05) is 12.8 Å². The Morgan fingerprint density at radius 3 is 2.67 bits per heavy atom. The standard InChI is InChI=1S/C11H19N3O3S/c1-13-7-11(12-8-13)18(16,17)14(2)9-5-3-4-6-10(9)15/h7-10,15H,3-6H2,1-2H3. The van der Waals surface area contributed by atoms with Crippen LogP contribution in [0.1, 0.15) is 25.7 Å². The number of imidazole rings is 1. The molecule has 1 aromatic rings. The van der Waals surface area contributed by atoms with Crippen LogP contribution in [-0.2, 0) is 17.1 Å². The van der Waals surface area contributed by atoms with Crippen molar-refractivity contribution in [3.8, 4) is 0 Å². The highest BCUT2D eigenvalue weighted by Gasteiger charge is 2.35. The minimum atomic E-state index is -3.61. The van der Waals surface area contributed by atoms with E-state index in [1.54, 1.807) is 11.6 Å². The van der Waals surface area contributed by atoms with E-state index in [0.29, 0.717) is 12.8 Å². The van der Waals surface area contributed by atoms with Crippen molar-refractivity contribution >= 4 is 10.0 Å². The van der Waals surface area contributed by atoms with E-state index in [2.05, 4.69) is 4.98 Å². The van der Waals surface area contributed by atoms with Crippen LogP contribution < -0.4 is 0 Å². The minimum absolute atomic E-state index is 0.0327. The molecule has 1 heterocycles. The topological polar surface area (TPSA) is 75.4 Å². The van der Waals surface area contributed by atoms with Crippen molar-refractivity contribution in [1.29, 1.82) is 0 Å². The molecular weight excluding hydrogens is 254 g/mol. The van der Waals surface area contributed by atoms with E-state index in [1.807, 2.05) is 0 Å². The Hall–Kier alpha value is -0.920. The number of rotatable bonds is 3. The molecule has 2 unspecified atom stereocenters. The Kier molecular flexibility index (Phi) is 3.74. The molecule has 0 radical (unpaired) electrons. The Bertz CT molecular complexity index is 511. The van der Waals surface area contributed by atoms with Crippen molar-refractivity contribution in [3.05, 3.63) is 12.5 Å². The van der Waals surface area contributed by atoms with Gasteiger partial charge >= 0.3 is 0 Å². The van der Waals surface area contributed by atoms with E-state index >= 15 is 0 Å². The molecular formula is C11H19N3O3S. The summed E-state index contributed by atoms with van der Waals surface area (Å²) >= 11 is 0. The van der Waals surface area contributed by atoms with E-state index in [-0.39, 0.29) is 11.1 Å². The fraction of sp³-hybridized carbons (Fsp3) is 0.727. The molecule has 1 N–H and O–H groups in total. The van der Waals surface area contributed by atoms with Gasteiger partial charge in [0, 0.05) is 20.3 Å². The number of hydrogen-bond acceptors (Lipinski definition) is 4. The summed E-state index contributed by atoms with van der Waals surface area (Å²) in [6.45, 7) is 0. The van der Waals surface area contributed by atoms with Gasteiger partial charge in [-0.25, -0.2) is 13.4 Å². The lowest BCUT2D eigenvalue weighted by molar-refractivity contribution is 0.0637. The lowest BCUT2D eigenvalue weighted by Gasteiger charge is -2.33. The summed E-state index contributed by atoms with van der Waals surface area (Å²) in [5.41, 5.74) is 0. The van der Waals surface area contributed by atoms with Crippen molar-refractivity contribution in [1.82, 2.24) is 13.9 Å². The zero-order chi connectivity index (χ0) is 13.3. The van der Waals surface area contributed by atoms with Crippen LogP contribution in [0.3, 0.4) is 0 Å². The molecule has 2 atom stereocenters. The van der Waals surface area contributed by atoms with Gasteiger partial charge in [0.25, 0.3) is 10.0 Å². The van der Waals surface area contributed by atoms with E-state index < -0.39 is 16.1 Å². The molecule has 0 amide bonds. The van der Waals surface area contributed by atoms with Crippen molar-refractivity contribution < 1.29 is 13.5 Å². The van der Waals surface area contributed by atoms with Crippen LogP contribution >= 0.6 is 0 Å². The van der Waals surface area contributed by atoms with Crippen molar-refractivity contribution in [2.75, 3.05) is 7.05 Å². The van der Waals surface area contributed by atoms with Crippen LogP contribution in [0.25, 0.3) is 0 Å². The van der Waals surface area contributed by atoms with Gasteiger partial charge in [0.15, 0.2) is 5.03 Å². The van der Waals surface area contributed by atoms with Gasteiger partial charge in [-0.15, -0.1) is 0 Å². The van der Waals surface area contributed by atoms with Crippen molar-refractivity contribution in [2.24, 2.45) is 7.05 Å². The van der Waals surface area contributed by atoms with Gasteiger partial charge in [-0.3, -0.25) is 0 Å². The second-order valence-electron chi connectivity index (χ2n) is 4.82. The molecule has 0 bridgehead atoms. The van der Waals surface area contributed by atoms with Crippen LogP contribution in [0.5, 0.6) is 0 Å². The number of aliphatic hydroxyl groups excluding tert-OH is 1. The van der Waals surface area contributed by atoms with Gasteiger partial charge in [-0.2, -0.15) is 4.31 Å². The average molecular weight is 273 g/mol. The molecule has 2 rings (SSSR count). The van der Waals surface area contributed by atoms with Crippen LogP contribution in [0.15, 0.2) is 17.6 Å². The molecule has 0 saturated heterocycles. The fourth-order valence-corrected chi connectivity index (χ4v) is 3.74. The van der Waals surface area contributed by atoms with Gasteiger partial charge < -0.3 is 9.67 Å². The number of aromatic nitrogens is 2. The summed E-state index contributed by atoms with van der Waals surface area (Å²) in [6.07, 6.45) is 5.61. The first-order valence-electron chi connectivity index (χ1n) is 6.07. The Labute approximate surface area is 107 Å². The van der Waals surface area contributed by atoms with E-state index in [0.717, 1.165) is 12.8 Å². The predicted octanol–water partition coefficient (Wildman–Crippen LogP) is 0.344. The first-order valence-corrected chi connectivity index (χ1v) is 7.51. The zero-order valence-electron chi connectivity index (χ0n) is 10.7. The Balaban J connectivity index is 2.24. The number of aryl methyl sites for hydroxylation is 1. The summed E-state index contributed by atoms with van der Waals surface area (Å²) < 4.78 is 27.5. The van der Waals surface area contributed by atoms with E-state index in [4.69, 9.17) is 0 Å². The molecule has 102 valence electrons. The Morgan fingerprint density at radius 1 is 1.44 bits per heavy atom. The van der Waals surface area contributed by atoms with Gasteiger partial charge in [0.2, 0.25) is 0 Å². The zero-order valence-corrected chi connectivity index (χ0v) is 11.5. The number of aliphatic hydroxyl groups is 1. The summed E-state index contributed by atoms with van der Waals surface area (Å²) in [4.78, 5) is 3.88. The van der Waals surface area contributed by atoms with Crippen LogP contribution in [0.2, 0.25) is 0 Å². The maximum atomic E-state index is 12.3. The predicted molar refractivity (Wildman–Crippen MR) is 66.4 cm³/mol. The lowest BCUT2D eigenvalue weighted by atomic mass is 9.93. The quantitative estimate of drug-likeness (QED) is 0.862. The molecule has 1 fully saturated rings. The molecule has 1 aliphatic carbocycles. The minimum Gasteiger partial charge on any atom is -0.391 e. The fourth-order valence-electron chi connectivity index (χ4n) is 2.36. The third-order valence-corrected chi connectivity index (χ3v) is 5.25. The highest BCUT2D eigenvalue weighted by atomic mass is 32.2. The number of likely N-dealkylation sites (N-methyl/N-ethyl adjacent to an activating group) is 1. The van der Waals surface area contributed by atoms with Crippen molar-refractivity contribution in [2.45, 2.75) is 42.9 Å². The molecule has 0 aromatic carbocycles. The normalized spacial score (nSPS) is 25.6. The van der Waals surface area contributed by atoms with E-state index in [9.17, 15) is 13.5 Å². The van der Waals surface area contributed by atoms with Crippen LogP contribution in [-0.4, -0.2) is 46.6 Å². The molecule has 1 saturated carbocycles. The SMILES string of the molecule is CN(C1CCCCC1O)S(=O)(=O)c1cn(C)cn1. The summed E-state index contributed by atoms with van der Waals surface area (Å²) in [6, 6.07) is -0.342. The largest absolute Gasteiger partial charge is 0.391 e.